The van der Waals surface area contributed by atoms with E-state index < -0.39 is 0 Å². The van der Waals surface area contributed by atoms with Gasteiger partial charge in [0.05, 0.1) is 11.9 Å². The Labute approximate surface area is 118 Å². The van der Waals surface area contributed by atoms with E-state index in [-0.39, 0.29) is 0 Å². The molecule has 2 rings (SSSR count). The first kappa shape index (κ1) is 13.6. The van der Waals surface area contributed by atoms with Crippen molar-refractivity contribution in [1.82, 2.24) is 4.98 Å². The van der Waals surface area contributed by atoms with Crippen molar-refractivity contribution < 1.29 is 0 Å². The van der Waals surface area contributed by atoms with Gasteiger partial charge in [0, 0.05) is 28.7 Å². The maximum absolute atomic E-state index is 7.41. The number of rotatable bonds is 4. The van der Waals surface area contributed by atoms with Crippen LogP contribution in [0.4, 0.5) is 11.4 Å². The predicted molar refractivity (Wildman–Crippen MR) is 80.9 cm³/mol. The zero-order chi connectivity index (χ0) is 13.8. The molecule has 0 radical (unpaired) electrons. The summed E-state index contributed by atoms with van der Waals surface area (Å²) < 4.78 is 0. The van der Waals surface area contributed by atoms with E-state index in [2.05, 4.69) is 30.2 Å². The molecule has 2 aromatic rings. The molecule has 0 amide bonds. The molecule has 98 valence electrons. The molecule has 0 spiro atoms. The van der Waals surface area contributed by atoms with Crippen LogP contribution in [-0.2, 0) is 0 Å². The Kier molecular flexibility index (Phi) is 4.17. The zero-order valence-corrected chi connectivity index (χ0v) is 11.7. The molecule has 0 unspecified atom stereocenters. The number of nitrogens with zero attached hydrogens (tertiary/aromatic N) is 1. The summed E-state index contributed by atoms with van der Waals surface area (Å²) >= 11 is 5.99. The number of hydrogen-bond donors (Lipinski definition) is 2. The van der Waals surface area contributed by atoms with Crippen molar-refractivity contribution in [2.75, 3.05) is 5.32 Å². The highest BCUT2D eigenvalue weighted by Gasteiger charge is 2.05. The smallest absolute Gasteiger partial charge is 0.0573 e. The minimum Gasteiger partial charge on any atom is -0.354 e. The molecular weight excluding hydrogens is 258 g/mol. The fraction of sp³-hybridized carbons (Fsp3) is 0.200. The van der Waals surface area contributed by atoms with Gasteiger partial charge in [0.15, 0.2) is 0 Å². The van der Waals surface area contributed by atoms with Crippen LogP contribution >= 0.6 is 11.6 Å². The first-order valence-electron chi connectivity index (χ1n) is 6.12. The Morgan fingerprint density at radius 3 is 2.74 bits per heavy atom. The predicted octanol–water partition coefficient (Wildman–Crippen LogP) is 4.60. The zero-order valence-electron chi connectivity index (χ0n) is 10.9. The van der Waals surface area contributed by atoms with Crippen LogP contribution in [-0.4, -0.2) is 11.2 Å². The van der Waals surface area contributed by atoms with Gasteiger partial charge in [-0.3, -0.25) is 4.98 Å². The lowest BCUT2D eigenvalue weighted by Crippen LogP contribution is -1.98. The maximum Gasteiger partial charge on any atom is 0.0573 e. The number of halogens is 1. The van der Waals surface area contributed by atoms with Gasteiger partial charge in [0.25, 0.3) is 0 Å². The van der Waals surface area contributed by atoms with E-state index in [0.29, 0.717) is 10.9 Å². The van der Waals surface area contributed by atoms with Gasteiger partial charge in [-0.15, -0.1) is 0 Å². The largest absolute Gasteiger partial charge is 0.354 e. The Morgan fingerprint density at radius 1 is 1.26 bits per heavy atom. The van der Waals surface area contributed by atoms with E-state index in [4.69, 9.17) is 17.0 Å². The lowest BCUT2D eigenvalue weighted by atomic mass is 10.1. The molecule has 0 saturated heterocycles. The van der Waals surface area contributed by atoms with Crippen LogP contribution < -0.4 is 5.32 Å². The summed E-state index contributed by atoms with van der Waals surface area (Å²) in [4.78, 5) is 4.23. The standard InChI is InChI=1S/C15H16ClN3/c1-10(2)12-5-14(9-18-8-12)19-15-6-13(16)4-3-11(15)7-17/h3-10,17,19H,1-2H3. The van der Waals surface area contributed by atoms with Gasteiger partial charge in [-0.05, 0) is 35.7 Å². The first-order chi connectivity index (χ1) is 9.10. The molecule has 3 nitrogen and oxygen atoms in total. The Bertz CT molecular complexity index is 594. The Balaban J connectivity index is 2.33. The fourth-order valence-electron chi connectivity index (χ4n) is 1.76. The van der Waals surface area contributed by atoms with Crippen molar-refractivity contribution >= 4 is 29.2 Å². The second-order valence-electron chi connectivity index (χ2n) is 4.66. The molecule has 1 aromatic heterocycles. The molecule has 4 heteroatoms. The van der Waals surface area contributed by atoms with E-state index in [1.807, 2.05) is 18.3 Å². The minimum absolute atomic E-state index is 0.427. The molecule has 0 aliphatic heterocycles. The molecule has 0 atom stereocenters. The van der Waals surface area contributed by atoms with Crippen molar-refractivity contribution in [2.24, 2.45) is 0 Å². The lowest BCUT2D eigenvalue weighted by Gasteiger charge is -2.12. The SMILES string of the molecule is CC(C)c1cncc(Nc2cc(Cl)ccc2C=N)c1. The quantitative estimate of drug-likeness (QED) is 0.800. The van der Waals surface area contributed by atoms with Crippen LogP contribution in [0, 0.1) is 5.41 Å². The summed E-state index contributed by atoms with van der Waals surface area (Å²) in [5, 5.41) is 11.3. The summed E-state index contributed by atoms with van der Waals surface area (Å²) in [5.41, 5.74) is 3.67. The summed E-state index contributed by atoms with van der Waals surface area (Å²) in [5.74, 6) is 0.427. The fourth-order valence-corrected chi connectivity index (χ4v) is 1.93. The van der Waals surface area contributed by atoms with Crippen LogP contribution in [0.15, 0.2) is 36.7 Å². The number of nitrogens with one attached hydrogen (secondary N) is 2. The van der Waals surface area contributed by atoms with Gasteiger partial charge in [0.2, 0.25) is 0 Å². The third kappa shape index (κ3) is 3.32. The van der Waals surface area contributed by atoms with Crippen LogP contribution in [0.25, 0.3) is 0 Å². The number of benzene rings is 1. The highest BCUT2D eigenvalue weighted by atomic mass is 35.5. The highest BCUT2D eigenvalue weighted by Crippen LogP contribution is 2.25. The first-order valence-corrected chi connectivity index (χ1v) is 6.50. The summed E-state index contributed by atoms with van der Waals surface area (Å²) in [7, 11) is 0. The molecule has 1 heterocycles. The third-order valence-electron chi connectivity index (χ3n) is 2.88. The Hall–Kier alpha value is -1.87. The average Bonchev–Trinajstić information content (AvgIpc) is 2.39. The molecule has 0 aliphatic rings. The molecule has 0 aliphatic carbocycles. The maximum atomic E-state index is 7.41. The van der Waals surface area contributed by atoms with Gasteiger partial charge in [-0.2, -0.15) is 0 Å². The number of pyridine rings is 1. The molecule has 0 bridgehead atoms. The average molecular weight is 274 g/mol. The topological polar surface area (TPSA) is 48.8 Å². The van der Waals surface area contributed by atoms with E-state index in [0.717, 1.165) is 16.9 Å². The normalized spacial score (nSPS) is 10.5. The minimum atomic E-state index is 0.427. The molecule has 0 saturated carbocycles. The molecule has 2 N–H and O–H groups in total. The number of aromatic nitrogens is 1. The van der Waals surface area contributed by atoms with E-state index in [1.54, 1.807) is 12.3 Å². The Morgan fingerprint density at radius 2 is 2.05 bits per heavy atom. The van der Waals surface area contributed by atoms with Crippen molar-refractivity contribution in [3.05, 3.63) is 52.8 Å². The van der Waals surface area contributed by atoms with Crippen LogP contribution in [0.3, 0.4) is 0 Å². The second-order valence-corrected chi connectivity index (χ2v) is 5.10. The summed E-state index contributed by atoms with van der Waals surface area (Å²) in [6, 6.07) is 7.46. The molecular formula is C15H16ClN3. The van der Waals surface area contributed by atoms with Crippen molar-refractivity contribution in [3.63, 3.8) is 0 Å². The van der Waals surface area contributed by atoms with E-state index in [1.165, 1.54) is 11.8 Å². The van der Waals surface area contributed by atoms with Crippen molar-refractivity contribution in [1.29, 1.82) is 5.41 Å². The van der Waals surface area contributed by atoms with Gasteiger partial charge < -0.3 is 10.7 Å². The van der Waals surface area contributed by atoms with Crippen LogP contribution in [0.1, 0.15) is 30.9 Å². The number of anilines is 2. The van der Waals surface area contributed by atoms with Crippen LogP contribution in [0.5, 0.6) is 0 Å². The van der Waals surface area contributed by atoms with E-state index >= 15 is 0 Å². The van der Waals surface area contributed by atoms with E-state index in [9.17, 15) is 0 Å². The monoisotopic (exact) mass is 273 g/mol. The molecule has 1 aromatic carbocycles. The molecule has 19 heavy (non-hydrogen) atoms. The van der Waals surface area contributed by atoms with Crippen molar-refractivity contribution in [2.45, 2.75) is 19.8 Å². The number of hydrogen-bond acceptors (Lipinski definition) is 3. The highest BCUT2D eigenvalue weighted by molar-refractivity contribution is 6.31. The molecule has 0 fully saturated rings. The summed E-state index contributed by atoms with van der Waals surface area (Å²) in [6.07, 6.45) is 4.93. The van der Waals surface area contributed by atoms with Gasteiger partial charge in [-0.1, -0.05) is 25.4 Å². The third-order valence-corrected chi connectivity index (χ3v) is 3.11. The van der Waals surface area contributed by atoms with Gasteiger partial charge in [0.1, 0.15) is 0 Å². The van der Waals surface area contributed by atoms with Crippen LogP contribution in [0.2, 0.25) is 5.02 Å². The summed E-state index contributed by atoms with van der Waals surface area (Å²) in [6.45, 7) is 4.26. The van der Waals surface area contributed by atoms with Crippen molar-refractivity contribution in [3.8, 4) is 0 Å². The lowest BCUT2D eigenvalue weighted by molar-refractivity contribution is 0.859. The van der Waals surface area contributed by atoms with Gasteiger partial charge >= 0.3 is 0 Å². The second kappa shape index (κ2) is 5.85. The van der Waals surface area contributed by atoms with Gasteiger partial charge in [-0.25, -0.2) is 0 Å².